The van der Waals surface area contributed by atoms with Crippen LogP contribution in [0.2, 0.25) is 0 Å². The number of nitrogens with zero attached hydrogens (tertiary/aromatic N) is 1. The van der Waals surface area contributed by atoms with E-state index < -0.39 is 5.97 Å². The molecule has 2 aromatic rings. The third kappa shape index (κ3) is 4.47. The lowest BCUT2D eigenvalue weighted by atomic mass is 9.81. The molecule has 33 heavy (non-hydrogen) atoms. The first-order valence-corrected chi connectivity index (χ1v) is 11.2. The first kappa shape index (κ1) is 22.9. The number of benzene rings is 2. The summed E-state index contributed by atoms with van der Waals surface area (Å²) >= 11 is 0. The van der Waals surface area contributed by atoms with Crippen LogP contribution in [-0.4, -0.2) is 36.5 Å². The molecule has 2 heterocycles. The fraction of sp³-hybridized carbons (Fsp3) is 0.407. The number of aliphatic imine (C=N–C) groups is 1. The molecule has 0 saturated heterocycles. The number of hydrogen-bond donors (Lipinski definition) is 0. The average molecular weight is 449 g/mol. The van der Waals surface area contributed by atoms with Crippen molar-refractivity contribution in [3.8, 4) is 17.2 Å². The Morgan fingerprint density at radius 3 is 2.61 bits per heavy atom. The van der Waals surface area contributed by atoms with Crippen LogP contribution in [0.15, 0.2) is 35.3 Å². The Morgan fingerprint density at radius 1 is 1.18 bits per heavy atom. The summed E-state index contributed by atoms with van der Waals surface area (Å²) in [5.41, 5.74) is 5.22. The van der Waals surface area contributed by atoms with Gasteiger partial charge in [-0.25, -0.2) is 0 Å². The molecule has 0 radical (unpaired) electrons. The molecule has 0 unspecified atom stereocenters. The number of carbonyl (C=O) groups excluding carboxylic acids is 1. The Bertz CT molecular complexity index is 1170. The standard InChI is InChI=1S/C27H31NO5/c1-7-32-21-13-18-14-26(2,3)28-24(23(18)19-15-27(4,5)33-25(19)21)17-9-8-16(10-11-22(29)30)20(12-17)31-6/h8-13H,7,14-15H2,1-6H3,(H,29,30)/p-1/b11-10+. The van der Waals surface area contributed by atoms with Crippen LogP contribution in [0, 0.1) is 0 Å². The van der Waals surface area contributed by atoms with Crippen LogP contribution in [0.25, 0.3) is 6.08 Å². The van der Waals surface area contributed by atoms with Gasteiger partial charge >= 0.3 is 0 Å². The van der Waals surface area contributed by atoms with E-state index in [4.69, 9.17) is 19.2 Å². The number of carboxylic acids is 1. The highest BCUT2D eigenvalue weighted by Crippen LogP contribution is 2.48. The van der Waals surface area contributed by atoms with Crippen molar-refractivity contribution in [1.29, 1.82) is 0 Å². The number of rotatable bonds is 6. The molecule has 0 fully saturated rings. The molecule has 2 aromatic carbocycles. The molecule has 0 spiro atoms. The van der Waals surface area contributed by atoms with Crippen LogP contribution in [0.3, 0.4) is 0 Å². The van der Waals surface area contributed by atoms with Crippen molar-refractivity contribution in [2.75, 3.05) is 13.7 Å². The van der Waals surface area contributed by atoms with Gasteiger partial charge in [-0.2, -0.15) is 0 Å². The number of ether oxygens (including phenoxy) is 3. The lowest BCUT2D eigenvalue weighted by Crippen LogP contribution is -2.30. The molecule has 174 valence electrons. The van der Waals surface area contributed by atoms with Gasteiger partial charge in [0, 0.05) is 28.7 Å². The normalized spacial score (nSPS) is 17.7. The summed E-state index contributed by atoms with van der Waals surface area (Å²) in [5, 5.41) is 10.9. The summed E-state index contributed by atoms with van der Waals surface area (Å²) in [6.45, 7) is 11.0. The van der Waals surface area contributed by atoms with Gasteiger partial charge < -0.3 is 24.1 Å². The van der Waals surface area contributed by atoms with Crippen molar-refractivity contribution in [2.24, 2.45) is 4.99 Å². The van der Waals surface area contributed by atoms with Crippen molar-refractivity contribution in [1.82, 2.24) is 0 Å². The van der Waals surface area contributed by atoms with E-state index in [9.17, 15) is 9.90 Å². The van der Waals surface area contributed by atoms with Gasteiger partial charge in [0.15, 0.2) is 11.5 Å². The minimum absolute atomic E-state index is 0.296. The zero-order chi connectivity index (χ0) is 24.0. The van der Waals surface area contributed by atoms with Crippen LogP contribution in [0.1, 0.15) is 62.4 Å². The average Bonchev–Trinajstić information content (AvgIpc) is 3.06. The minimum Gasteiger partial charge on any atom is -0.545 e. The number of hydrogen-bond acceptors (Lipinski definition) is 6. The van der Waals surface area contributed by atoms with Gasteiger partial charge in [0.2, 0.25) is 0 Å². The summed E-state index contributed by atoms with van der Waals surface area (Å²) in [6.07, 6.45) is 4.02. The lowest BCUT2D eigenvalue weighted by molar-refractivity contribution is -0.297. The molecular formula is C27H30NO5-. The monoisotopic (exact) mass is 448 g/mol. The van der Waals surface area contributed by atoms with E-state index in [0.717, 1.165) is 52.8 Å². The maximum Gasteiger partial charge on any atom is 0.166 e. The number of carbonyl (C=O) groups is 1. The van der Waals surface area contributed by atoms with Crippen molar-refractivity contribution in [2.45, 2.75) is 58.6 Å². The first-order chi connectivity index (χ1) is 15.5. The maximum atomic E-state index is 10.9. The fourth-order valence-corrected chi connectivity index (χ4v) is 4.69. The molecule has 0 N–H and O–H groups in total. The summed E-state index contributed by atoms with van der Waals surface area (Å²) in [5.74, 6) is 0.899. The SMILES string of the molecule is CCOc1cc2c(c3c1OC(C)(C)C3)C(c1ccc(/C=C/C(=O)[O-])c(OC)c1)=NC(C)(C)C2. The Kier molecular flexibility index (Phi) is 5.72. The summed E-state index contributed by atoms with van der Waals surface area (Å²) < 4.78 is 17.9. The molecule has 0 aromatic heterocycles. The number of aliphatic carboxylic acids is 1. The smallest absolute Gasteiger partial charge is 0.166 e. The van der Waals surface area contributed by atoms with Crippen molar-refractivity contribution < 1.29 is 24.1 Å². The van der Waals surface area contributed by atoms with Crippen molar-refractivity contribution in [3.63, 3.8) is 0 Å². The maximum absolute atomic E-state index is 10.9. The van der Waals surface area contributed by atoms with E-state index >= 15 is 0 Å². The van der Waals surface area contributed by atoms with Gasteiger partial charge in [0.05, 0.1) is 30.9 Å². The number of fused-ring (bicyclic) bond motifs is 3. The second-order valence-electron chi connectivity index (χ2n) is 9.75. The number of methoxy groups -OCH3 is 1. The molecule has 2 aliphatic rings. The Balaban J connectivity index is 1.91. The van der Waals surface area contributed by atoms with E-state index in [1.54, 1.807) is 7.11 Å². The van der Waals surface area contributed by atoms with Gasteiger partial charge in [-0.1, -0.05) is 12.1 Å². The van der Waals surface area contributed by atoms with Crippen LogP contribution < -0.4 is 19.3 Å². The Hall–Kier alpha value is -3.28. The Labute approximate surface area is 194 Å². The quantitative estimate of drug-likeness (QED) is 0.629. The highest BCUT2D eigenvalue weighted by Gasteiger charge is 2.39. The largest absolute Gasteiger partial charge is 0.545 e. The molecule has 0 saturated carbocycles. The zero-order valence-electron chi connectivity index (χ0n) is 20.1. The molecule has 6 nitrogen and oxygen atoms in total. The topological polar surface area (TPSA) is 80.2 Å². The van der Waals surface area contributed by atoms with Crippen molar-refractivity contribution >= 4 is 17.8 Å². The zero-order valence-corrected chi connectivity index (χ0v) is 20.1. The summed E-state index contributed by atoms with van der Waals surface area (Å²) in [7, 11) is 1.57. The molecule has 0 amide bonds. The van der Waals surface area contributed by atoms with Crippen LogP contribution in [-0.2, 0) is 17.6 Å². The van der Waals surface area contributed by atoms with Gasteiger partial charge in [-0.15, -0.1) is 0 Å². The van der Waals surface area contributed by atoms with Crippen LogP contribution in [0.4, 0.5) is 0 Å². The first-order valence-electron chi connectivity index (χ1n) is 11.2. The molecular weight excluding hydrogens is 418 g/mol. The van der Waals surface area contributed by atoms with E-state index in [0.29, 0.717) is 17.9 Å². The van der Waals surface area contributed by atoms with Crippen LogP contribution in [0.5, 0.6) is 17.2 Å². The van der Waals surface area contributed by atoms with Gasteiger partial charge in [-0.05, 0) is 70.9 Å². The van der Waals surface area contributed by atoms with Crippen molar-refractivity contribution in [3.05, 3.63) is 58.2 Å². The minimum atomic E-state index is -1.25. The van der Waals surface area contributed by atoms with Crippen LogP contribution >= 0.6 is 0 Å². The van der Waals surface area contributed by atoms with Gasteiger partial charge in [0.25, 0.3) is 0 Å². The highest BCUT2D eigenvalue weighted by atomic mass is 16.5. The van der Waals surface area contributed by atoms with Gasteiger partial charge in [0.1, 0.15) is 11.4 Å². The lowest BCUT2D eigenvalue weighted by Gasteiger charge is -2.31. The van der Waals surface area contributed by atoms with E-state index in [1.807, 2.05) is 25.1 Å². The molecule has 6 heteroatoms. The summed E-state index contributed by atoms with van der Waals surface area (Å²) in [4.78, 5) is 16.0. The predicted molar refractivity (Wildman–Crippen MR) is 126 cm³/mol. The Morgan fingerprint density at radius 2 is 1.94 bits per heavy atom. The molecule has 4 rings (SSSR count). The fourth-order valence-electron chi connectivity index (χ4n) is 4.69. The second kappa shape index (κ2) is 8.25. The van der Waals surface area contributed by atoms with E-state index in [2.05, 4.69) is 33.8 Å². The predicted octanol–water partition coefficient (Wildman–Crippen LogP) is 3.74. The molecule has 0 aliphatic carbocycles. The number of carboxylic acid groups (broad SMARTS) is 1. The van der Waals surface area contributed by atoms with E-state index in [-0.39, 0.29) is 11.1 Å². The third-order valence-corrected chi connectivity index (χ3v) is 5.89. The second-order valence-corrected chi connectivity index (χ2v) is 9.75. The highest BCUT2D eigenvalue weighted by molar-refractivity contribution is 6.16. The summed E-state index contributed by atoms with van der Waals surface area (Å²) in [6, 6.07) is 7.80. The molecule has 0 bridgehead atoms. The van der Waals surface area contributed by atoms with Gasteiger partial charge in [-0.3, -0.25) is 4.99 Å². The third-order valence-electron chi connectivity index (χ3n) is 5.89. The van der Waals surface area contributed by atoms with E-state index in [1.165, 1.54) is 11.6 Å². The molecule has 2 aliphatic heterocycles. The molecule has 0 atom stereocenters.